The smallest absolute Gasteiger partial charge is 0.124 e. The van der Waals surface area contributed by atoms with E-state index >= 15 is 0 Å². The van der Waals surface area contributed by atoms with Gasteiger partial charge in [-0.25, -0.2) is 0 Å². The molecule has 0 fully saturated rings. The summed E-state index contributed by atoms with van der Waals surface area (Å²) in [5.74, 6) is 1.00. The number of hydrogen-bond acceptors (Lipinski definition) is 4. The van der Waals surface area contributed by atoms with Gasteiger partial charge in [0.2, 0.25) is 0 Å². The lowest BCUT2D eigenvalue weighted by Gasteiger charge is -2.35. The fraction of sp³-hybridized carbons (Fsp3) is 0.667. The second-order valence-electron chi connectivity index (χ2n) is 5.90. The highest BCUT2D eigenvalue weighted by Crippen LogP contribution is 2.34. The normalized spacial score (nSPS) is 18.3. The second-order valence-corrected chi connectivity index (χ2v) is 5.90. The van der Waals surface area contributed by atoms with Crippen molar-refractivity contribution in [1.82, 2.24) is 10.2 Å². The van der Waals surface area contributed by atoms with E-state index in [0.29, 0.717) is 12.6 Å². The summed E-state index contributed by atoms with van der Waals surface area (Å²) in [4.78, 5) is 2.51. The molecule has 1 unspecified atom stereocenters. The van der Waals surface area contributed by atoms with Gasteiger partial charge in [-0.2, -0.15) is 0 Å². The maximum Gasteiger partial charge on any atom is 0.124 e. The summed E-state index contributed by atoms with van der Waals surface area (Å²) in [5.41, 5.74) is 4.10. The van der Waals surface area contributed by atoms with Crippen molar-refractivity contribution in [2.75, 3.05) is 32.8 Å². The van der Waals surface area contributed by atoms with Crippen LogP contribution in [0.2, 0.25) is 0 Å². The predicted molar refractivity (Wildman–Crippen MR) is 90.4 cm³/mol. The number of nitrogens with zero attached hydrogens (tertiary/aromatic N) is 1. The molecule has 1 aliphatic rings. The van der Waals surface area contributed by atoms with Crippen molar-refractivity contribution >= 4 is 0 Å². The maximum atomic E-state index is 8.87. The van der Waals surface area contributed by atoms with Crippen LogP contribution in [0, 0.1) is 0 Å². The average molecular weight is 306 g/mol. The van der Waals surface area contributed by atoms with E-state index in [0.717, 1.165) is 44.8 Å². The monoisotopic (exact) mass is 306 g/mol. The molecule has 1 aromatic carbocycles. The summed E-state index contributed by atoms with van der Waals surface area (Å²) in [7, 11) is 0. The number of nitrogens with one attached hydrogen (secondary N) is 1. The van der Waals surface area contributed by atoms with Crippen molar-refractivity contribution in [3.8, 4) is 5.75 Å². The number of fused-ring (bicyclic) bond motifs is 1. The zero-order chi connectivity index (χ0) is 15.9. The third-order valence-corrected chi connectivity index (χ3v) is 4.52. The van der Waals surface area contributed by atoms with Gasteiger partial charge in [0, 0.05) is 31.3 Å². The Bertz CT molecular complexity index is 476. The minimum atomic E-state index is 0.236. The van der Waals surface area contributed by atoms with Gasteiger partial charge in [0.15, 0.2) is 0 Å². The molecule has 4 heteroatoms. The fourth-order valence-electron chi connectivity index (χ4n) is 3.24. The van der Waals surface area contributed by atoms with Gasteiger partial charge in [-0.15, -0.1) is 0 Å². The number of hydrogen-bond donors (Lipinski definition) is 2. The summed E-state index contributed by atoms with van der Waals surface area (Å²) >= 11 is 0. The fourth-order valence-corrected chi connectivity index (χ4v) is 3.24. The number of likely N-dealkylation sites (N-methyl/N-ethyl adjacent to an activating group) is 1. The third kappa shape index (κ3) is 4.00. The van der Waals surface area contributed by atoms with Gasteiger partial charge < -0.3 is 15.2 Å². The minimum Gasteiger partial charge on any atom is -0.494 e. The number of rotatable bonds is 8. The number of ether oxygens (including phenoxy) is 1. The average Bonchev–Trinajstić information content (AvgIpc) is 2.53. The van der Waals surface area contributed by atoms with Crippen LogP contribution in [0.3, 0.4) is 0 Å². The van der Waals surface area contributed by atoms with Gasteiger partial charge in [-0.05, 0) is 57.0 Å². The largest absolute Gasteiger partial charge is 0.494 e. The molecule has 0 radical (unpaired) electrons. The summed E-state index contributed by atoms with van der Waals surface area (Å²) in [6, 6.07) is 5.02. The summed E-state index contributed by atoms with van der Waals surface area (Å²) in [6.45, 7) is 11.3. The van der Waals surface area contributed by atoms with E-state index in [1.807, 2.05) is 6.92 Å². The topological polar surface area (TPSA) is 44.7 Å². The highest BCUT2D eigenvalue weighted by atomic mass is 16.5. The van der Waals surface area contributed by atoms with Crippen molar-refractivity contribution in [3.63, 3.8) is 0 Å². The van der Waals surface area contributed by atoms with E-state index in [1.165, 1.54) is 16.7 Å². The first-order valence-electron chi connectivity index (χ1n) is 8.55. The lowest BCUT2D eigenvalue weighted by Crippen LogP contribution is -2.34. The SMILES string of the molecule is CCOc1cc2c(cc1CNCCCO)CCN(CC)C2C. The van der Waals surface area contributed by atoms with Crippen LogP contribution in [0.4, 0.5) is 0 Å². The van der Waals surface area contributed by atoms with Crippen molar-refractivity contribution in [2.45, 2.75) is 46.2 Å². The van der Waals surface area contributed by atoms with Crippen molar-refractivity contribution in [1.29, 1.82) is 0 Å². The van der Waals surface area contributed by atoms with Crippen LogP contribution in [0.25, 0.3) is 0 Å². The first-order chi connectivity index (χ1) is 10.7. The van der Waals surface area contributed by atoms with Crippen LogP contribution in [-0.2, 0) is 13.0 Å². The summed E-state index contributed by atoms with van der Waals surface area (Å²) in [5, 5.41) is 12.3. The molecule has 0 saturated carbocycles. The van der Waals surface area contributed by atoms with Gasteiger partial charge >= 0.3 is 0 Å². The first-order valence-corrected chi connectivity index (χ1v) is 8.55. The molecule has 0 aliphatic carbocycles. The maximum absolute atomic E-state index is 8.87. The standard InChI is InChI=1S/C18H30N2O2/c1-4-20-9-7-15-11-16(13-19-8-6-10-21)18(22-5-2)12-17(15)14(20)3/h11-12,14,19,21H,4-10,13H2,1-3H3. The molecule has 0 aromatic heterocycles. The van der Waals surface area contributed by atoms with Crippen LogP contribution < -0.4 is 10.1 Å². The van der Waals surface area contributed by atoms with E-state index in [9.17, 15) is 0 Å². The molecule has 22 heavy (non-hydrogen) atoms. The van der Waals surface area contributed by atoms with Crippen LogP contribution in [0.15, 0.2) is 12.1 Å². The van der Waals surface area contributed by atoms with E-state index in [1.54, 1.807) is 0 Å². The van der Waals surface area contributed by atoms with Crippen molar-refractivity contribution < 1.29 is 9.84 Å². The molecule has 0 amide bonds. The van der Waals surface area contributed by atoms with Gasteiger partial charge in [-0.1, -0.05) is 13.0 Å². The van der Waals surface area contributed by atoms with Crippen LogP contribution >= 0.6 is 0 Å². The summed E-state index contributed by atoms with van der Waals surface area (Å²) in [6.07, 6.45) is 1.90. The van der Waals surface area contributed by atoms with Gasteiger partial charge in [0.1, 0.15) is 5.75 Å². The van der Waals surface area contributed by atoms with Gasteiger partial charge in [-0.3, -0.25) is 4.90 Å². The second kappa shape index (κ2) is 8.51. The lowest BCUT2D eigenvalue weighted by molar-refractivity contribution is 0.208. The molecule has 1 atom stereocenters. The van der Waals surface area contributed by atoms with E-state index < -0.39 is 0 Å². The Morgan fingerprint density at radius 2 is 2.18 bits per heavy atom. The molecule has 1 aliphatic heterocycles. The van der Waals surface area contributed by atoms with Crippen LogP contribution in [0.1, 0.15) is 49.9 Å². The molecule has 1 aromatic rings. The quantitative estimate of drug-likeness (QED) is 0.724. The zero-order valence-electron chi connectivity index (χ0n) is 14.2. The molecular weight excluding hydrogens is 276 g/mol. The number of benzene rings is 1. The zero-order valence-corrected chi connectivity index (χ0v) is 14.2. The minimum absolute atomic E-state index is 0.236. The molecule has 0 spiro atoms. The van der Waals surface area contributed by atoms with Crippen molar-refractivity contribution in [3.05, 3.63) is 28.8 Å². The molecule has 4 nitrogen and oxygen atoms in total. The van der Waals surface area contributed by atoms with Crippen LogP contribution in [-0.4, -0.2) is 42.9 Å². The molecule has 0 bridgehead atoms. The highest BCUT2D eigenvalue weighted by molar-refractivity contribution is 5.45. The Morgan fingerprint density at radius 3 is 2.86 bits per heavy atom. The Balaban J connectivity index is 2.20. The van der Waals surface area contributed by atoms with Gasteiger partial charge in [0.05, 0.1) is 6.61 Å². The predicted octanol–water partition coefficient (Wildman–Crippen LogP) is 2.50. The first kappa shape index (κ1) is 17.3. The molecule has 0 saturated heterocycles. The van der Waals surface area contributed by atoms with Crippen LogP contribution in [0.5, 0.6) is 5.75 Å². The molecule has 2 N–H and O–H groups in total. The Hall–Kier alpha value is -1.10. The highest BCUT2D eigenvalue weighted by Gasteiger charge is 2.24. The Labute approximate surface area is 134 Å². The lowest BCUT2D eigenvalue weighted by atomic mass is 9.91. The van der Waals surface area contributed by atoms with Gasteiger partial charge in [0.25, 0.3) is 0 Å². The van der Waals surface area contributed by atoms with E-state index in [4.69, 9.17) is 9.84 Å². The summed E-state index contributed by atoms with van der Waals surface area (Å²) < 4.78 is 5.87. The number of aliphatic hydroxyl groups is 1. The molecule has 2 rings (SSSR count). The number of aliphatic hydroxyl groups excluding tert-OH is 1. The Kier molecular flexibility index (Phi) is 6.68. The van der Waals surface area contributed by atoms with E-state index in [2.05, 4.69) is 36.2 Å². The third-order valence-electron chi connectivity index (χ3n) is 4.52. The molecule has 124 valence electrons. The molecule has 1 heterocycles. The van der Waals surface area contributed by atoms with Crippen molar-refractivity contribution in [2.24, 2.45) is 0 Å². The van der Waals surface area contributed by atoms with E-state index in [-0.39, 0.29) is 6.61 Å². The Morgan fingerprint density at radius 1 is 1.36 bits per heavy atom. The molecular formula is C18H30N2O2.